The molecule has 0 spiro atoms. The third kappa shape index (κ3) is 5.46. The number of aryl methyl sites for hydroxylation is 4. The second-order valence-corrected chi connectivity index (χ2v) is 10.9. The van der Waals surface area contributed by atoms with Gasteiger partial charge in [0.25, 0.3) is 0 Å². The fourth-order valence-electron chi connectivity index (χ4n) is 3.70. The molecule has 0 bridgehead atoms. The van der Waals surface area contributed by atoms with Gasteiger partial charge in [-0.2, -0.15) is 0 Å². The molecular formula is C23H29Cl2Zr. The maximum absolute atomic E-state index is 4.93. The van der Waals surface area contributed by atoms with Crippen LogP contribution in [-0.4, -0.2) is 0 Å². The first kappa shape index (κ1) is 22.2. The topological polar surface area (TPSA) is 0 Å². The van der Waals surface area contributed by atoms with Gasteiger partial charge in [0.15, 0.2) is 0 Å². The van der Waals surface area contributed by atoms with Gasteiger partial charge in [-0.05, 0) is 84.0 Å². The molecule has 139 valence electrons. The summed E-state index contributed by atoms with van der Waals surface area (Å²) < 4.78 is 0. The van der Waals surface area contributed by atoms with Crippen LogP contribution in [0.25, 0.3) is 11.1 Å². The molecule has 0 heterocycles. The predicted molar refractivity (Wildman–Crippen MR) is 113 cm³/mol. The van der Waals surface area contributed by atoms with Gasteiger partial charge in [0.1, 0.15) is 0 Å². The first-order chi connectivity index (χ1) is 12.5. The van der Waals surface area contributed by atoms with Crippen molar-refractivity contribution in [2.75, 3.05) is 0 Å². The average molecular weight is 468 g/mol. The summed E-state index contributed by atoms with van der Waals surface area (Å²) >= 11 is -0.826. The van der Waals surface area contributed by atoms with E-state index in [-0.39, 0.29) is 0 Å². The Morgan fingerprint density at radius 1 is 0.731 bits per heavy atom. The molecule has 0 saturated heterocycles. The fraction of sp³-hybridized carbons (Fsp3) is 0.435. The van der Waals surface area contributed by atoms with Gasteiger partial charge in [-0.1, -0.05) is 51.0 Å². The minimum absolute atomic E-state index is 0.826. The van der Waals surface area contributed by atoms with Gasteiger partial charge in [-0.25, -0.2) is 0 Å². The quantitative estimate of drug-likeness (QED) is 0.345. The van der Waals surface area contributed by atoms with Crippen molar-refractivity contribution in [3.63, 3.8) is 0 Å². The summed E-state index contributed by atoms with van der Waals surface area (Å²) in [7, 11) is 9.87. The maximum atomic E-state index is 4.93. The Morgan fingerprint density at radius 2 is 1.12 bits per heavy atom. The van der Waals surface area contributed by atoms with Crippen LogP contribution in [-0.2, 0) is 33.7 Å². The molecule has 2 aromatic carbocycles. The van der Waals surface area contributed by atoms with E-state index in [0.29, 0.717) is 0 Å². The molecular weight excluding hydrogens is 438 g/mol. The van der Waals surface area contributed by atoms with Gasteiger partial charge in [-0.3, -0.25) is 0 Å². The number of unbranched alkanes of at least 4 members (excludes halogenated alkanes) is 2. The third-order valence-electron chi connectivity index (χ3n) is 5.22. The molecule has 0 atom stereocenters. The van der Waals surface area contributed by atoms with Gasteiger partial charge in [0.2, 0.25) is 0 Å². The summed E-state index contributed by atoms with van der Waals surface area (Å²) in [6.45, 7) is 9.07. The van der Waals surface area contributed by atoms with E-state index in [1.807, 2.05) is 0 Å². The van der Waals surface area contributed by atoms with Crippen LogP contribution < -0.4 is 0 Å². The van der Waals surface area contributed by atoms with Gasteiger partial charge >= 0.3 is 37.9 Å². The second kappa shape index (κ2) is 11.0. The number of halogens is 2. The van der Waals surface area contributed by atoms with Gasteiger partial charge in [0.05, 0.1) is 0 Å². The number of benzene rings is 2. The second-order valence-electron chi connectivity index (χ2n) is 7.15. The molecule has 0 aromatic heterocycles. The van der Waals surface area contributed by atoms with E-state index in [1.54, 1.807) is 0 Å². The van der Waals surface area contributed by atoms with E-state index >= 15 is 0 Å². The van der Waals surface area contributed by atoms with Crippen molar-refractivity contribution in [1.29, 1.82) is 0 Å². The summed E-state index contributed by atoms with van der Waals surface area (Å²) in [6, 6.07) is 9.70. The molecule has 0 aliphatic heterocycles. The molecule has 3 heteroatoms. The van der Waals surface area contributed by atoms with Crippen LogP contribution in [0.3, 0.4) is 0 Å². The van der Waals surface area contributed by atoms with Crippen LogP contribution in [0.5, 0.6) is 0 Å². The van der Waals surface area contributed by atoms with E-state index in [9.17, 15) is 0 Å². The molecule has 1 aliphatic carbocycles. The van der Waals surface area contributed by atoms with Crippen LogP contribution in [0.1, 0.15) is 72.9 Å². The van der Waals surface area contributed by atoms with Crippen molar-refractivity contribution in [1.82, 2.24) is 0 Å². The number of fused-ring (bicyclic) bond motifs is 3. The summed E-state index contributed by atoms with van der Waals surface area (Å²) in [5.41, 5.74) is 11.7. The summed E-state index contributed by atoms with van der Waals surface area (Å²) in [6.07, 6.45) is 9.88. The number of hydrogen-bond acceptors (Lipinski definition) is 0. The van der Waals surface area contributed by atoms with Crippen molar-refractivity contribution in [2.45, 2.75) is 66.2 Å². The van der Waals surface area contributed by atoms with Crippen molar-refractivity contribution >= 4 is 17.0 Å². The molecule has 0 fully saturated rings. The van der Waals surface area contributed by atoms with E-state index < -0.39 is 20.8 Å². The van der Waals surface area contributed by atoms with Crippen LogP contribution in [0, 0.1) is 20.3 Å². The third-order valence-corrected chi connectivity index (χ3v) is 5.22. The Bertz CT molecular complexity index is 676. The van der Waals surface area contributed by atoms with Gasteiger partial charge in [0, 0.05) is 6.42 Å². The minimum atomic E-state index is -0.826. The zero-order valence-corrected chi connectivity index (χ0v) is 20.4. The Kier molecular flexibility index (Phi) is 9.42. The SMILES string of the molecule is CCCCc1cc2c(cc1C)[CH]c1cc(C)c(CCCC)cc1-2.[Cl][Zr][Cl]. The first-order valence-electron chi connectivity index (χ1n) is 9.64. The fourth-order valence-corrected chi connectivity index (χ4v) is 3.70. The Labute approximate surface area is 178 Å². The molecule has 0 unspecified atom stereocenters. The Hall–Kier alpha value is -0.0969. The van der Waals surface area contributed by atoms with Crippen molar-refractivity contribution in [2.24, 2.45) is 0 Å². The van der Waals surface area contributed by atoms with Crippen LogP contribution >= 0.6 is 17.0 Å². The molecule has 2 aromatic rings. The molecule has 1 aliphatic rings. The Morgan fingerprint density at radius 3 is 1.46 bits per heavy atom. The molecule has 0 nitrogen and oxygen atoms in total. The van der Waals surface area contributed by atoms with Crippen molar-refractivity contribution < 1.29 is 20.8 Å². The van der Waals surface area contributed by atoms with Gasteiger partial charge in [-0.15, -0.1) is 0 Å². The molecule has 26 heavy (non-hydrogen) atoms. The van der Waals surface area contributed by atoms with Crippen LogP contribution in [0.4, 0.5) is 0 Å². The molecule has 0 saturated carbocycles. The average Bonchev–Trinajstić information content (AvgIpc) is 2.94. The van der Waals surface area contributed by atoms with Crippen molar-refractivity contribution in [3.8, 4) is 11.1 Å². The number of rotatable bonds is 6. The zero-order valence-electron chi connectivity index (χ0n) is 16.4. The molecule has 3 rings (SSSR count). The molecule has 0 N–H and O–H groups in total. The number of hydrogen-bond donors (Lipinski definition) is 0. The van der Waals surface area contributed by atoms with E-state index in [4.69, 9.17) is 17.0 Å². The first-order valence-corrected chi connectivity index (χ1v) is 16.0. The monoisotopic (exact) mass is 465 g/mol. The standard InChI is InChI=1S/C23H29.2ClH.Zr/c1-5-7-9-18-14-22-20(11-16(18)3)13-21-12-17(4)19(10-8-6-2)15-23(21)22;;;/h11-15H,5-10H2,1-4H3;2*1H;/q;;;+2/p-2. The van der Waals surface area contributed by atoms with Gasteiger partial charge < -0.3 is 0 Å². The summed E-state index contributed by atoms with van der Waals surface area (Å²) in [5.74, 6) is 0. The summed E-state index contributed by atoms with van der Waals surface area (Å²) in [5, 5.41) is 0. The van der Waals surface area contributed by atoms with Crippen LogP contribution in [0.2, 0.25) is 0 Å². The van der Waals surface area contributed by atoms with E-state index in [2.05, 4.69) is 58.4 Å². The van der Waals surface area contributed by atoms with E-state index in [1.165, 1.54) is 83.0 Å². The van der Waals surface area contributed by atoms with Crippen LogP contribution in [0.15, 0.2) is 24.3 Å². The normalized spacial score (nSPS) is 11.5. The zero-order chi connectivity index (χ0) is 19.1. The summed E-state index contributed by atoms with van der Waals surface area (Å²) in [4.78, 5) is 0. The van der Waals surface area contributed by atoms with E-state index in [0.717, 1.165) is 0 Å². The molecule has 1 radical (unpaired) electrons. The predicted octanol–water partition coefficient (Wildman–Crippen LogP) is 7.95. The Balaban J connectivity index is 0.000000758. The molecule has 0 amide bonds. The van der Waals surface area contributed by atoms with Crippen molar-refractivity contribution in [3.05, 3.63) is 64.1 Å².